The number of nitriles is 1. The van der Waals surface area contributed by atoms with E-state index in [1.54, 1.807) is 12.1 Å². The largest absolute Gasteiger partial charge is 0.241 e. The Morgan fingerprint density at radius 1 is 1.31 bits per heavy atom. The van der Waals surface area contributed by atoms with Crippen LogP contribution in [0.4, 0.5) is 4.39 Å². The van der Waals surface area contributed by atoms with E-state index in [9.17, 15) is 4.39 Å². The van der Waals surface area contributed by atoms with Gasteiger partial charge in [0, 0.05) is 23.8 Å². The van der Waals surface area contributed by atoms with Crippen LogP contribution in [0.2, 0.25) is 0 Å². The zero-order chi connectivity index (χ0) is 11.4. The van der Waals surface area contributed by atoms with Crippen LogP contribution in [0.25, 0.3) is 10.6 Å². The first kappa shape index (κ1) is 10.8. The van der Waals surface area contributed by atoms with E-state index in [0.717, 1.165) is 16.3 Å². The number of halogens is 1. The molecule has 2 rings (SSSR count). The van der Waals surface area contributed by atoms with Gasteiger partial charge in [0.05, 0.1) is 11.8 Å². The Morgan fingerprint density at radius 2 is 2.06 bits per heavy atom. The van der Waals surface area contributed by atoms with Crippen molar-refractivity contribution in [2.45, 2.75) is 12.8 Å². The third kappa shape index (κ3) is 2.44. The number of hydrogen-bond acceptors (Lipinski definition) is 3. The molecule has 0 saturated heterocycles. The van der Waals surface area contributed by atoms with E-state index in [1.807, 2.05) is 5.38 Å². The molecule has 4 heteroatoms. The molecule has 0 radical (unpaired) electrons. The van der Waals surface area contributed by atoms with Gasteiger partial charge in [-0.25, -0.2) is 9.37 Å². The highest BCUT2D eigenvalue weighted by Crippen LogP contribution is 2.24. The zero-order valence-electron chi connectivity index (χ0n) is 8.48. The third-order valence-corrected chi connectivity index (χ3v) is 3.08. The topological polar surface area (TPSA) is 36.7 Å². The minimum Gasteiger partial charge on any atom is -0.241 e. The molecule has 16 heavy (non-hydrogen) atoms. The second kappa shape index (κ2) is 4.86. The summed E-state index contributed by atoms with van der Waals surface area (Å²) in [7, 11) is 0. The lowest BCUT2D eigenvalue weighted by molar-refractivity contribution is 0.628. The molecule has 2 aromatic rings. The summed E-state index contributed by atoms with van der Waals surface area (Å²) in [5.74, 6) is -0.245. The van der Waals surface area contributed by atoms with Crippen molar-refractivity contribution in [1.29, 1.82) is 5.26 Å². The van der Waals surface area contributed by atoms with Gasteiger partial charge >= 0.3 is 0 Å². The molecule has 0 aliphatic carbocycles. The van der Waals surface area contributed by atoms with E-state index in [1.165, 1.54) is 23.5 Å². The summed E-state index contributed by atoms with van der Waals surface area (Å²) < 4.78 is 12.7. The van der Waals surface area contributed by atoms with Crippen molar-refractivity contribution >= 4 is 11.3 Å². The molecule has 0 amide bonds. The van der Waals surface area contributed by atoms with E-state index < -0.39 is 0 Å². The number of benzene rings is 1. The molecule has 2 nitrogen and oxygen atoms in total. The van der Waals surface area contributed by atoms with Crippen LogP contribution in [0.5, 0.6) is 0 Å². The monoisotopic (exact) mass is 232 g/mol. The van der Waals surface area contributed by atoms with Crippen molar-refractivity contribution < 1.29 is 4.39 Å². The van der Waals surface area contributed by atoms with Gasteiger partial charge in [-0.3, -0.25) is 0 Å². The molecule has 0 bridgehead atoms. The van der Waals surface area contributed by atoms with Gasteiger partial charge in [-0.05, 0) is 24.3 Å². The van der Waals surface area contributed by atoms with Gasteiger partial charge in [0.15, 0.2) is 0 Å². The van der Waals surface area contributed by atoms with Gasteiger partial charge in [-0.2, -0.15) is 5.26 Å². The van der Waals surface area contributed by atoms with Crippen molar-refractivity contribution in [3.05, 3.63) is 41.2 Å². The van der Waals surface area contributed by atoms with Crippen molar-refractivity contribution in [3.63, 3.8) is 0 Å². The summed E-state index contributed by atoms with van der Waals surface area (Å²) in [5, 5.41) is 11.3. The van der Waals surface area contributed by atoms with Crippen molar-refractivity contribution in [3.8, 4) is 16.6 Å². The Kier molecular flexibility index (Phi) is 3.28. The SMILES string of the molecule is N#CCCc1csc(-c2ccc(F)cc2)n1. The standard InChI is InChI=1S/C12H9FN2S/c13-10-5-3-9(4-6-10)12-15-11(8-16-12)2-1-7-14/h3-6,8H,1-2H2. The number of thiazole rings is 1. The quantitative estimate of drug-likeness (QED) is 0.813. The molecule has 1 aromatic carbocycles. The van der Waals surface area contributed by atoms with E-state index in [2.05, 4.69) is 11.1 Å². The summed E-state index contributed by atoms with van der Waals surface area (Å²) in [6.45, 7) is 0. The average molecular weight is 232 g/mol. The lowest BCUT2D eigenvalue weighted by Crippen LogP contribution is -1.84. The Balaban J connectivity index is 2.18. The number of nitrogens with zero attached hydrogens (tertiary/aromatic N) is 2. The first-order chi connectivity index (χ1) is 7.79. The number of rotatable bonds is 3. The highest BCUT2D eigenvalue weighted by molar-refractivity contribution is 7.13. The highest BCUT2D eigenvalue weighted by Gasteiger charge is 2.04. The predicted octanol–water partition coefficient (Wildman–Crippen LogP) is 3.41. The van der Waals surface area contributed by atoms with Crippen molar-refractivity contribution in [2.75, 3.05) is 0 Å². The van der Waals surface area contributed by atoms with Gasteiger partial charge in [0.2, 0.25) is 0 Å². The third-order valence-electron chi connectivity index (χ3n) is 2.14. The molecule has 0 spiro atoms. The second-order valence-electron chi connectivity index (χ2n) is 3.31. The van der Waals surface area contributed by atoms with Crippen LogP contribution >= 0.6 is 11.3 Å². The summed E-state index contributed by atoms with van der Waals surface area (Å²) in [6, 6.07) is 8.35. The molecule has 0 saturated carbocycles. The fraction of sp³-hybridized carbons (Fsp3) is 0.167. The van der Waals surface area contributed by atoms with Crippen LogP contribution in [0.1, 0.15) is 12.1 Å². The molecule has 1 aromatic heterocycles. The maximum absolute atomic E-state index is 12.7. The zero-order valence-corrected chi connectivity index (χ0v) is 9.30. The lowest BCUT2D eigenvalue weighted by Gasteiger charge is -1.95. The average Bonchev–Trinajstić information content (AvgIpc) is 2.76. The molecule has 1 heterocycles. The maximum Gasteiger partial charge on any atom is 0.123 e. The molecule has 0 aliphatic heterocycles. The maximum atomic E-state index is 12.7. The molecule has 0 atom stereocenters. The van der Waals surface area contributed by atoms with E-state index in [0.29, 0.717) is 12.8 Å². The molecule has 0 aliphatic rings. The van der Waals surface area contributed by atoms with Crippen LogP contribution in [0, 0.1) is 17.1 Å². The fourth-order valence-corrected chi connectivity index (χ4v) is 2.19. The minimum atomic E-state index is -0.245. The van der Waals surface area contributed by atoms with Crippen LogP contribution < -0.4 is 0 Å². The van der Waals surface area contributed by atoms with Gasteiger partial charge in [-0.1, -0.05) is 0 Å². The number of aromatic nitrogens is 1. The van der Waals surface area contributed by atoms with Crippen LogP contribution in [0.15, 0.2) is 29.6 Å². The molecule has 0 fully saturated rings. The summed E-state index contributed by atoms with van der Waals surface area (Å²) in [6.07, 6.45) is 1.15. The second-order valence-corrected chi connectivity index (χ2v) is 4.17. The summed E-state index contributed by atoms with van der Waals surface area (Å²) in [4.78, 5) is 4.39. The van der Waals surface area contributed by atoms with Gasteiger partial charge < -0.3 is 0 Å². The number of aryl methyl sites for hydroxylation is 1. The smallest absolute Gasteiger partial charge is 0.123 e. The molecular weight excluding hydrogens is 223 g/mol. The predicted molar refractivity (Wildman–Crippen MR) is 61.4 cm³/mol. The fourth-order valence-electron chi connectivity index (χ4n) is 1.33. The number of hydrogen-bond donors (Lipinski definition) is 0. The van der Waals surface area contributed by atoms with Crippen LogP contribution in [0.3, 0.4) is 0 Å². The Morgan fingerprint density at radius 3 is 2.75 bits per heavy atom. The van der Waals surface area contributed by atoms with Gasteiger partial charge in [0.1, 0.15) is 10.8 Å². The first-order valence-corrected chi connectivity index (χ1v) is 5.75. The Labute approximate surface area is 97.0 Å². The summed E-state index contributed by atoms with van der Waals surface area (Å²) >= 11 is 1.52. The summed E-state index contributed by atoms with van der Waals surface area (Å²) in [5.41, 5.74) is 1.83. The van der Waals surface area contributed by atoms with Crippen LogP contribution in [-0.2, 0) is 6.42 Å². The highest BCUT2D eigenvalue weighted by atomic mass is 32.1. The van der Waals surface area contributed by atoms with Crippen LogP contribution in [-0.4, -0.2) is 4.98 Å². The van der Waals surface area contributed by atoms with E-state index in [4.69, 9.17) is 5.26 Å². The lowest BCUT2D eigenvalue weighted by atomic mass is 10.2. The molecule has 80 valence electrons. The first-order valence-electron chi connectivity index (χ1n) is 4.87. The van der Waals surface area contributed by atoms with Crippen molar-refractivity contribution in [2.24, 2.45) is 0 Å². The molecular formula is C12H9FN2S. The van der Waals surface area contributed by atoms with E-state index >= 15 is 0 Å². The van der Waals surface area contributed by atoms with Gasteiger partial charge in [0.25, 0.3) is 0 Å². The Hall–Kier alpha value is -1.73. The normalized spacial score (nSPS) is 10.0. The minimum absolute atomic E-state index is 0.245. The van der Waals surface area contributed by atoms with Crippen molar-refractivity contribution in [1.82, 2.24) is 4.98 Å². The van der Waals surface area contributed by atoms with Gasteiger partial charge in [-0.15, -0.1) is 11.3 Å². The molecule has 0 N–H and O–H groups in total. The van der Waals surface area contributed by atoms with E-state index in [-0.39, 0.29) is 5.82 Å². The Bertz CT molecular complexity index is 511. The molecule has 0 unspecified atom stereocenters.